The monoisotopic (exact) mass is 447 g/mol. The predicted molar refractivity (Wildman–Crippen MR) is 129 cm³/mol. The second-order valence-electron chi connectivity index (χ2n) is 8.45. The van der Waals surface area contributed by atoms with Gasteiger partial charge in [0.2, 0.25) is 5.91 Å². The van der Waals surface area contributed by atoms with Crippen LogP contribution in [0.15, 0.2) is 59.4 Å². The van der Waals surface area contributed by atoms with Crippen LogP contribution in [0.4, 0.5) is 5.69 Å². The normalized spacial score (nSPS) is 21.3. The highest BCUT2D eigenvalue weighted by molar-refractivity contribution is 8.03. The number of piperidine rings is 1. The molecule has 1 unspecified atom stereocenters. The maximum Gasteiger partial charge on any atom is 0.245 e. The van der Waals surface area contributed by atoms with Crippen LogP contribution < -0.4 is 10.2 Å². The Morgan fingerprint density at radius 3 is 2.53 bits per heavy atom. The largest absolute Gasteiger partial charge is 0.378 e. The predicted octanol–water partition coefficient (Wildman–Crippen LogP) is 3.52. The summed E-state index contributed by atoms with van der Waals surface area (Å²) < 4.78 is 0. The number of carbonyl (C=O) groups is 1. The van der Waals surface area contributed by atoms with Crippen LogP contribution in [0.25, 0.3) is 0 Å². The third-order valence-electron chi connectivity index (χ3n) is 6.30. The van der Waals surface area contributed by atoms with Gasteiger partial charge in [-0.05, 0) is 55.3 Å². The van der Waals surface area contributed by atoms with E-state index in [0.717, 1.165) is 36.6 Å². The lowest BCUT2D eigenvalue weighted by Crippen LogP contribution is -2.39. The van der Waals surface area contributed by atoms with Gasteiger partial charge in [-0.1, -0.05) is 24.6 Å². The van der Waals surface area contributed by atoms with E-state index in [1.165, 1.54) is 19.3 Å². The maximum absolute atomic E-state index is 13.6. The number of rotatable bonds is 7. The fourth-order valence-electron chi connectivity index (χ4n) is 4.56. The number of likely N-dealkylation sites (tertiary alicyclic amines) is 1. The van der Waals surface area contributed by atoms with Crippen molar-refractivity contribution in [2.75, 3.05) is 44.4 Å². The van der Waals surface area contributed by atoms with Crippen LogP contribution in [0.3, 0.4) is 0 Å². The molecule has 0 aliphatic carbocycles. The topological polar surface area (TPSA) is 72.3 Å². The molecule has 1 aromatic carbocycles. The van der Waals surface area contributed by atoms with Gasteiger partial charge in [0.25, 0.3) is 0 Å². The van der Waals surface area contributed by atoms with E-state index >= 15 is 0 Å². The molecule has 1 amide bonds. The van der Waals surface area contributed by atoms with Gasteiger partial charge in [-0.3, -0.25) is 9.78 Å². The fraction of sp³-hybridized carbons (Fsp3) is 0.400. The van der Waals surface area contributed by atoms with Crippen molar-refractivity contribution in [3.8, 4) is 6.07 Å². The lowest BCUT2D eigenvalue weighted by molar-refractivity contribution is -0.122. The average Bonchev–Trinajstić information content (AvgIpc) is 3.12. The molecule has 2 aromatic rings. The van der Waals surface area contributed by atoms with E-state index in [1.54, 1.807) is 24.2 Å². The van der Waals surface area contributed by atoms with Crippen LogP contribution in [0.5, 0.6) is 0 Å². The minimum atomic E-state index is -1.19. The van der Waals surface area contributed by atoms with Crippen LogP contribution in [0, 0.1) is 11.3 Å². The number of hydrogen-bond acceptors (Lipinski definition) is 6. The first kappa shape index (κ1) is 22.4. The standard InChI is InChI=1S/C25H29N5OS/c1-29(2)21-10-8-19(9-11-21)25(20-7-6-12-27-18-20)22(17-26)23(28-24(25)31)32-16-15-30-13-4-3-5-14-30/h6-12,18H,3-5,13-16H2,1-2H3,(H,28,31). The number of nitrogens with one attached hydrogen (secondary N) is 1. The molecule has 7 heteroatoms. The number of anilines is 1. The first-order chi connectivity index (χ1) is 15.6. The van der Waals surface area contributed by atoms with Gasteiger partial charge >= 0.3 is 0 Å². The van der Waals surface area contributed by atoms with Crippen molar-refractivity contribution in [2.24, 2.45) is 0 Å². The van der Waals surface area contributed by atoms with Crippen molar-refractivity contribution < 1.29 is 4.79 Å². The number of hydrogen-bond donors (Lipinski definition) is 1. The summed E-state index contributed by atoms with van der Waals surface area (Å²) in [6, 6.07) is 13.9. The molecule has 1 N–H and O–H groups in total. The van der Waals surface area contributed by atoms with E-state index in [4.69, 9.17) is 0 Å². The summed E-state index contributed by atoms with van der Waals surface area (Å²) in [6.07, 6.45) is 7.19. The van der Waals surface area contributed by atoms with Gasteiger partial charge in [-0.2, -0.15) is 5.26 Å². The number of benzene rings is 1. The van der Waals surface area contributed by atoms with Gasteiger partial charge in [0.05, 0.1) is 16.7 Å². The number of amides is 1. The highest BCUT2D eigenvalue weighted by Crippen LogP contribution is 2.46. The Bertz CT molecular complexity index is 1020. The Labute approximate surface area is 194 Å². The van der Waals surface area contributed by atoms with Crippen LogP contribution >= 0.6 is 11.8 Å². The number of carbonyl (C=O) groups excluding carboxylic acids is 1. The molecule has 1 aromatic heterocycles. The molecule has 32 heavy (non-hydrogen) atoms. The van der Waals surface area contributed by atoms with Crippen molar-refractivity contribution >= 4 is 23.4 Å². The molecule has 0 bridgehead atoms. The van der Waals surface area contributed by atoms with Crippen LogP contribution in [0.2, 0.25) is 0 Å². The minimum Gasteiger partial charge on any atom is -0.378 e. The Balaban J connectivity index is 1.71. The van der Waals surface area contributed by atoms with Crippen molar-refractivity contribution in [3.63, 3.8) is 0 Å². The molecule has 6 nitrogen and oxygen atoms in total. The average molecular weight is 448 g/mol. The molecule has 166 valence electrons. The van der Waals surface area contributed by atoms with Crippen LogP contribution in [-0.2, 0) is 10.2 Å². The van der Waals surface area contributed by atoms with Crippen LogP contribution in [0.1, 0.15) is 30.4 Å². The zero-order chi connectivity index (χ0) is 22.6. The zero-order valence-electron chi connectivity index (χ0n) is 18.7. The van der Waals surface area contributed by atoms with Gasteiger partial charge in [0, 0.05) is 44.5 Å². The molecule has 2 aliphatic rings. The third kappa shape index (κ3) is 4.13. The van der Waals surface area contributed by atoms with Gasteiger partial charge in [0.1, 0.15) is 5.41 Å². The smallest absolute Gasteiger partial charge is 0.245 e. The Hall–Kier alpha value is -2.82. The SMILES string of the molecule is CN(C)c1ccc(C2(c3cccnc3)C(=O)NC(SCCN3CCCCC3)=C2C#N)cc1. The summed E-state index contributed by atoms with van der Waals surface area (Å²) in [7, 11) is 3.96. The summed E-state index contributed by atoms with van der Waals surface area (Å²) in [6.45, 7) is 3.23. The molecular weight excluding hydrogens is 418 g/mol. The molecule has 0 spiro atoms. The Morgan fingerprint density at radius 1 is 1.16 bits per heavy atom. The van der Waals surface area contributed by atoms with Gasteiger partial charge in [0.15, 0.2) is 0 Å². The fourth-order valence-corrected chi connectivity index (χ4v) is 5.62. The first-order valence-electron chi connectivity index (χ1n) is 11.1. The maximum atomic E-state index is 13.6. The number of pyridine rings is 1. The molecule has 1 saturated heterocycles. The number of nitriles is 1. The van der Waals surface area contributed by atoms with E-state index in [1.807, 2.05) is 55.4 Å². The number of thioether (sulfide) groups is 1. The van der Waals surface area contributed by atoms with Crippen LogP contribution in [-0.4, -0.2) is 55.3 Å². The second-order valence-corrected chi connectivity index (χ2v) is 9.56. The van der Waals surface area contributed by atoms with Crippen molar-refractivity contribution in [1.82, 2.24) is 15.2 Å². The second kappa shape index (κ2) is 9.76. The van der Waals surface area contributed by atoms with Gasteiger partial charge in [-0.25, -0.2) is 0 Å². The Kier molecular flexibility index (Phi) is 6.83. The zero-order valence-corrected chi connectivity index (χ0v) is 19.5. The molecule has 0 radical (unpaired) electrons. The minimum absolute atomic E-state index is 0.194. The first-order valence-corrected chi connectivity index (χ1v) is 12.1. The summed E-state index contributed by atoms with van der Waals surface area (Å²) in [5, 5.41) is 14.0. The van der Waals surface area contributed by atoms with Crippen molar-refractivity contribution in [3.05, 3.63) is 70.5 Å². The van der Waals surface area contributed by atoms with E-state index in [2.05, 4.69) is 21.3 Å². The van der Waals surface area contributed by atoms with Gasteiger partial charge in [-0.15, -0.1) is 11.8 Å². The highest BCUT2D eigenvalue weighted by Gasteiger charge is 2.52. The molecule has 4 rings (SSSR count). The van der Waals surface area contributed by atoms with Crippen molar-refractivity contribution in [2.45, 2.75) is 24.7 Å². The summed E-state index contributed by atoms with van der Waals surface area (Å²) in [4.78, 5) is 22.3. The quantitative estimate of drug-likeness (QED) is 0.700. The summed E-state index contributed by atoms with van der Waals surface area (Å²) in [5.41, 5.74) is 1.78. The van der Waals surface area contributed by atoms with E-state index < -0.39 is 5.41 Å². The molecule has 1 fully saturated rings. The van der Waals surface area contributed by atoms with E-state index in [-0.39, 0.29) is 5.91 Å². The molecular formula is C25H29N5OS. The van der Waals surface area contributed by atoms with Crippen molar-refractivity contribution in [1.29, 1.82) is 5.26 Å². The lowest BCUT2D eigenvalue weighted by Gasteiger charge is -2.28. The molecule has 2 aliphatic heterocycles. The van der Waals surface area contributed by atoms with E-state index in [0.29, 0.717) is 16.2 Å². The summed E-state index contributed by atoms with van der Waals surface area (Å²) in [5.74, 6) is 0.642. The third-order valence-corrected chi connectivity index (χ3v) is 7.28. The van der Waals surface area contributed by atoms with Gasteiger partial charge < -0.3 is 15.1 Å². The van der Waals surface area contributed by atoms with E-state index in [9.17, 15) is 10.1 Å². The highest BCUT2D eigenvalue weighted by atomic mass is 32.2. The molecule has 3 heterocycles. The number of aromatic nitrogens is 1. The lowest BCUT2D eigenvalue weighted by atomic mass is 9.70. The summed E-state index contributed by atoms with van der Waals surface area (Å²) >= 11 is 1.57. The Morgan fingerprint density at radius 2 is 1.91 bits per heavy atom. The molecule has 1 atom stereocenters. The number of nitrogens with zero attached hydrogens (tertiary/aromatic N) is 4. The molecule has 0 saturated carbocycles.